The average Bonchev–Trinajstić information content (AvgIpc) is 3.42. The summed E-state index contributed by atoms with van der Waals surface area (Å²) in [5.41, 5.74) is 5.92. The molecule has 0 unspecified atom stereocenters. The first-order valence-corrected chi connectivity index (χ1v) is 12.6. The zero-order valence-corrected chi connectivity index (χ0v) is 21.2. The van der Waals surface area contributed by atoms with Crippen molar-refractivity contribution in [1.29, 1.82) is 0 Å². The molecule has 10 heteroatoms. The summed E-state index contributed by atoms with van der Waals surface area (Å²) in [4.78, 5) is 24.3. The predicted molar refractivity (Wildman–Crippen MR) is 130 cm³/mol. The van der Waals surface area contributed by atoms with Crippen molar-refractivity contribution in [3.05, 3.63) is 50.6 Å². The highest BCUT2D eigenvalue weighted by atomic mass is 32.2. The number of anilines is 2. The second-order valence-electron chi connectivity index (χ2n) is 7.53. The van der Waals surface area contributed by atoms with Gasteiger partial charge in [0.1, 0.15) is 4.88 Å². The molecule has 0 fully saturated rings. The van der Waals surface area contributed by atoms with Crippen LogP contribution in [0.15, 0.2) is 27.2 Å². The van der Waals surface area contributed by atoms with Crippen LogP contribution in [0.4, 0.5) is 10.8 Å². The number of rotatable bonds is 6. The molecule has 32 heavy (non-hydrogen) atoms. The standard InChI is InChI=1S/C22H23N5O2S3/c1-11-7-12(2)18(13(3)8-11)27(16(6)28)21-24-17(9-30-21)10-31-22-26-25-20(29-22)19-14(4)23-15(5)32-19/h7-9H,10H2,1-6H3. The summed E-state index contributed by atoms with van der Waals surface area (Å²) in [7, 11) is 0. The molecule has 1 amide bonds. The maximum Gasteiger partial charge on any atom is 0.277 e. The maximum absolute atomic E-state index is 12.5. The minimum absolute atomic E-state index is 0.0645. The normalized spacial score (nSPS) is 11.2. The molecule has 0 saturated carbocycles. The Hall–Kier alpha value is -2.56. The van der Waals surface area contributed by atoms with Gasteiger partial charge in [0.05, 0.1) is 22.1 Å². The predicted octanol–water partition coefficient (Wildman–Crippen LogP) is 6.17. The molecule has 7 nitrogen and oxygen atoms in total. The number of hydrogen-bond acceptors (Lipinski definition) is 9. The number of carbonyl (C=O) groups excluding carboxylic acids is 1. The zero-order chi connectivity index (χ0) is 23.0. The third kappa shape index (κ3) is 4.62. The van der Waals surface area contributed by atoms with E-state index >= 15 is 0 Å². The van der Waals surface area contributed by atoms with E-state index in [9.17, 15) is 4.79 Å². The van der Waals surface area contributed by atoms with Crippen LogP contribution in [0.5, 0.6) is 0 Å². The van der Waals surface area contributed by atoms with E-state index in [0.717, 1.165) is 38.1 Å². The van der Waals surface area contributed by atoms with Gasteiger partial charge in [-0.15, -0.1) is 32.9 Å². The number of benzene rings is 1. The Labute approximate surface area is 198 Å². The molecular formula is C22H23N5O2S3. The molecule has 0 radical (unpaired) electrons. The van der Waals surface area contributed by atoms with Crippen LogP contribution in [0, 0.1) is 34.6 Å². The highest BCUT2D eigenvalue weighted by Crippen LogP contribution is 2.36. The third-order valence-electron chi connectivity index (χ3n) is 4.75. The lowest BCUT2D eigenvalue weighted by atomic mass is 10.0. The molecule has 0 aliphatic heterocycles. The minimum Gasteiger partial charge on any atom is -0.410 e. The number of hydrogen-bond donors (Lipinski definition) is 0. The molecule has 0 spiro atoms. The number of thiazole rings is 2. The Kier molecular flexibility index (Phi) is 6.45. The van der Waals surface area contributed by atoms with Gasteiger partial charge in [-0.05, 0) is 45.7 Å². The van der Waals surface area contributed by atoms with Gasteiger partial charge >= 0.3 is 0 Å². The smallest absolute Gasteiger partial charge is 0.277 e. The van der Waals surface area contributed by atoms with Gasteiger partial charge in [-0.3, -0.25) is 9.69 Å². The molecule has 166 valence electrons. The molecule has 4 rings (SSSR count). The number of aromatic nitrogens is 4. The summed E-state index contributed by atoms with van der Waals surface area (Å²) in [6, 6.07) is 4.17. The van der Waals surface area contributed by atoms with Gasteiger partial charge in [-0.25, -0.2) is 9.97 Å². The van der Waals surface area contributed by atoms with Crippen molar-refractivity contribution in [1.82, 2.24) is 20.2 Å². The number of thioether (sulfide) groups is 1. The van der Waals surface area contributed by atoms with Gasteiger partial charge in [-0.2, -0.15) is 0 Å². The van der Waals surface area contributed by atoms with Gasteiger partial charge in [0.15, 0.2) is 5.13 Å². The minimum atomic E-state index is -0.0645. The quantitative estimate of drug-likeness (QED) is 0.302. The first kappa shape index (κ1) is 22.6. The lowest BCUT2D eigenvalue weighted by Gasteiger charge is -2.23. The SMILES string of the molecule is CC(=O)N(c1nc(CSc2nnc(-c3sc(C)nc3C)o2)cs1)c1c(C)cc(C)cc1C. The van der Waals surface area contributed by atoms with Crippen molar-refractivity contribution >= 4 is 51.2 Å². The molecule has 0 saturated heterocycles. The van der Waals surface area contributed by atoms with E-state index in [4.69, 9.17) is 9.40 Å². The Bertz CT molecular complexity index is 1270. The molecule has 0 bridgehead atoms. The number of carbonyl (C=O) groups is 1. The Morgan fingerprint density at radius 2 is 1.81 bits per heavy atom. The molecule has 0 aliphatic rings. The molecule has 0 N–H and O–H groups in total. The molecular weight excluding hydrogens is 462 g/mol. The van der Waals surface area contributed by atoms with E-state index in [1.54, 1.807) is 23.2 Å². The fraction of sp³-hybridized carbons (Fsp3) is 0.318. The lowest BCUT2D eigenvalue weighted by Crippen LogP contribution is -2.24. The second kappa shape index (κ2) is 9.13. The summed E-state index contributed by atoms with van der Waals surface area (Å²) in [5.74, 6) is 0.990. The van der Waals surface area contributed by atoms with Crippen LogP contribution in [0.1, 0.15) is 40.0 Å². The van der Waals surface area contributed by atoms with Crippen LogP contribution in [-0.4, -0.2) is 26.1 Å². The van der Waals surface area contributed by atoms with Crippen molar-refractivity contribution in [2.75, 3.05) is 4.90 Å². The molecule has 3 heterocycles. The van der Waals surface area contributed by atoms with Crippen LogP contribution < -0.4 is 4.90 Å². The summed E-state index contributed by atoms with van der Waals surface area (Å²) >= 11 is 4.42. The number of amides is 1. The van der Waals surface area contributed by atoms with Crippen LogP contribution in [-0.2, 0) is 10.5 Å². The van der Waals surface area contributed by atoms with Crippen LogP contribution in [0.2, 0.25) is 0 Å². The number of aryl methyl sites for hydroxylation is 5. The van der Waals surface area contributed by atoms with Crippen LogP contribution >= 0.6 is 34.4 Å². The van der Waals surface area contributed by atoms with Crippen molar-refractivity contribution in [3.63, 3.8) is 0 Å². The zero-order valence-electron chi connectivity index (χ0n) is 18.7. The van der Waals surface area contributed by atoms with Crippen molar-refractivity contribution in [2.24, 2.45) is 0 Å². The fourth-order valence-corrected chi connectivity index (χ4v) is 6.08. The maximum atomic E-state index is 12.5. The molecule has 4 aromatic rings. The van der Waals surface area contributed by atoms with Gasteiger partial charge in [0.25, 0.3) is 11.1 Å². The summed E-state index contributed by atoms with van der Waals surface area (Å²) in [6.07, 6.45) is 0. The lowest BCUT2D eigenvalue weighted by molar-refractivity contribution is -0.115. The van der Waals surface area contributed by atoms with Gasteiger partial charge in [0.2, 0.25) is 5.91 Å². The highest BCUT2D eigenvalue weighted by Gasteiger charge is 2.22. The first-order valence-electron chi connectivity index (χ1n) is 9.96. The molecule has 1 aromatic carbocycles. The topological polar surface area (TPSA) is 85.0 Å². The largest absolute Gasteiger partial charge is 0.410 e. The van der Waals surface area contributed by atoms with E-state index in [2.05, 4.69) is 34.2 Å². The number of nitrogens with zero attached hydrogens (tertiary/aromatic N) is 5. The van der Waals surface area contributed by atoms with Crippen LogP contribution in [0.25, 0.3) is 10.8 Å². The van der Waals surface area contributed by atoms with E-state index in [0.29, 0.717) is 22.0 Å². The fourth-order valence-electron chi connectivity index (χ4n) is 3.60. The van der Waals surface area contributed by atoms with Crippen molar-refractivity contribution in [3.8, 4) is 10.8 Å². The Morgan fingerprint density at radius 1 is 1.09 bits per heavy atom. The van der Waals surface area contributed by atoms with Crippen molar-refractivity contribution in [2.45, 2.75) is 52.5 Å². The van der Waals surface area contributed by atoms with Gasteiger partial charge in [0, 0.05) is 18.1 Å². The molecule has 0 atom stereocenters. The van der Waals surface area contributed by atoms with Crippen molar-refractivity contribution < 1.29 is 9.21 Å². The summed E-state index contributed by atoms with van der Waals surface area (Å²) in [5, 5.41) is 12.4. The third-order valence-corrected chi connectivity index (χ3v) is 7.54. The first-order chi connectivity index (χ1) is 15.2. The average molecular weight is 486 g/mol. The van der Waals surface area contributed by atoms with Gasteiger partial charge in [-0.1, -0.05) is 29.5 Å². The molecule has 3 aromatic heterocycles. The van der Waals surface area contributed by atoms with E-state index in [1.807, 2.05) is 33.1 Å². The Morgan fingerprint density at radius 3 is 2.44 bits per heavy atom. The van der Waals surface area contributed by atoms with Gasteiger partial charge < -0.3 is 4.42 Å². The van der Waals surface area contributed by atoms with E-state index in [-0.39, 0.29) is 5.91 Å². The van der Waals surface area contributed by atoms with E-state index in [1.165, 1.54) is 28.7 Å². The summed E-state index contributed by atoms with van der Waals surface area (Å²) < 4.78 is 5.81. The van der Waals surface area contributed by atoms with E-state index < -0.39 is 0 Å². The summed E-state index contributed by atoms with van der Waals surface area (Å²) in [6.45, 7) is 11.6. The second-order valence-corrected chi connectivity index (χ2v) is 10.5. The Balaban J connectivity index is 1.51. The molecule has 0 aliphatic carbocycles. The van der Waals surface area contributed by atoms with Crippen LogP contribution in [0.3, 0.4) is 0 Å². The monoisotopic (exact) mass is 485 g/mol. The highest BCUT2D eigenvalue weighted by molar-refractivity contribution is 7.98.